The van der Waals surface area contributed by atoms with Crippen molar-refractivity contribution in [1.82, 2.24) is 15.2 Å². The van der Waals surface area contributed by atoms with Crippen LogP contribution in [-0.2, 0) is 10.0 Å². The molecule has 0 aliphatic carbocycles. The Kier molecular flexibility index (Phi) is 3.51. The number of aromatic amines is 1. The Labute approximate surface area is 116 Å². The van der Waals surface area contributed by atoms with Crippen LogP contribution in [0, 0.1) is 20.8 Å². The second-order valence-electron chi connectivity index (χ2n) is 4.14. The number of halogens is 1. The Morgan fingerprint density at radius 2 is 1.89 bits per heavy atom. The van der Waals surface area contributed by atoms with Gasteiger partial charge in [-0.05, 0) is 32.9 Å². The summed E-state index contributed by atoms with van der Waals surface area (Å²) in [5, 5.41) is 6.84. The van der Waals surface area contributed by atoms with Gasteiger partial charge in [0.25, 0.3) is 10.0 Å². The van der Waals surface area contributed by atoms with Gasteiger partial charge in [0, 0.05) is 0 Å². The zero-order chi connectivity index (χ0) is 14.2. The summed E-state index contributed by atoms with van der Waals surface area (Å²) in [5.74, 6) is 0. The molecule has 2 heterocycles. The van der Waals surface area contributed by atoms with Crippen LogP contribution in [0.1, 0.15) is 17.1 Å². The van der Waals surface area contributed by atoms with Gasteiger partial charge in [0.05, 0.1) is 22.8 Å². The molecule has 2 N–H and O–H groups in total. The molecule has 0 unspecified atom stereocenters. The van der Waals surface area contributed by atoms with Crippen molar-refractivity contribution in [3.05, 3.63) is 34.4 Å². The van der Waals surface area contributed by atoms with Gasteiger partial charge in [-0.3, -0.25) is 9.82 Å². The van der Waals surface area contributed by atoms with Crippen molar-refractivity contribution < 1.29 is 8.42 Å². The minimum atomic E-state index is -3.69. The molecule has 0 aliphatic heterocycles. The number of nitrogens with zero attached hydrogens (tertiary/aromatic N) is 2. The molecule has 2 aromatic heterocycles. The molecule has 0 atom stereocenters. The number of pyridine rings is 1. The van der Waals surface area contributed by atoms with Gasteiger partial charge in [0.15, 0.2) is 0 Å². The Morgan fingerprint density at radius 1 is 1.21 bits per heavy atom. The molecular weight excluding hydrogens is 288 g/mol. The van der Waals surface area contributed by atoms with Crippen molar-refractivity contribution in [1.29, 1.82) is 0 Å². The van der Waals surface area contributed by atoms with E-state index < -0.39 is 10.0 Å². The number of aromatic nitrogens is 3. The normalized spacial score (nSPS) is 11.6. The summed E-state index contributed by atoms with van der Waals surface area (Å²) in [4.78, 5) is 4.15. The fraction of sp³-hybridized carbons (Fsp3) is 0.273. The minimum Gasteiger partial charge on any atom is -0.281 e. The lowest BCUT2D eigenvalue weighted by molar-refractivity contribution is 0.600. The lowest BCUT2D eigenvalue weighted by Gasteiger charge is -2.10. The van der Waals surface area contributed by atoms with Crippen LogP contribution >= 0.6 is 11.6 Å². The van der Waals surface area contributed by atoms with Crippen LogP contribution in [0.5, 0.6) is 0 Å². The summed E-state index contributed by atoms with van der Waals surface area (Å²) in [5.41, 5.74) is 1.81. The monoisotopic (exact) mass is 300 g/mol. The molecule has 0 amide bonds. The first-order chi connectivity index (χ1) is 8.81. The first-order valence-corrected chi connectivity index (χ1v) is 7.35. The molecule has 0 fully saturated rings. The van der Waals surface area contributed by atoms with Crippen LogP contribution < -0.4 is 4.72 Å². The van der Waals surface area contributed by atoms with Gasteiger partial charge in [-0.1, -0.05) is 11.6 Å². The van der Waals surface area contributed by atoms with Crippen LogP contribution in [0.15, 0.2) is 17.0 Å². The zero-order valence-electron chi connectivity index (χ0n) is 10.7. The average Bonchev–Trinajstić information content (AvgIpc) is 2.63. The Bertz CT molecular complexity index is 705. The van der Waals surface area contributed by atoms with E-state index in [1.807, 2.05) is 0 Å². The predicted molar refractivity (Wildman–Crippen MR) is 72.9 cm³/mol. The molecular formula is C11H13ClN4O2S. The highest BCUT2D eigenvalue weighted by Crippen LogP contribution is 2.23. The largest absolute Gasteiger partial charge is 0.281 e. The lowest BCUT2D eigenvalue weighted by Crippen LogP contribution is -2.15. The van der Waals surface area contributed by atoms with E-state index in [2.05, 4.69) is 19.9 Å². The molecule has 0 radical (unpaired) electrons. The number of aryl methyl sites for hydroxylation is 3. The maximum atomic E-state index is 12.3. The van der Waals surface area contributed by atoms with Crippen molar-refractivity contribution in [3.8, 4) is 0 Å². The molecule has 102 valence electrons. The Hall–Kier alpha value is -1.60. The van der Waals surface area contributed by atoms with E-state index in [-0.39, 0.29) is 4.90 Å². The summed E-state index contributed by atoms with van der Waals surface area (Å²) in [6, 6.07) is 3.11. The van der Waals surface area contributed by atoms with E-state index in [0.717, 1.165) is 0 Å². The average molecular weight is 301 g/mol. The van der Waals surface area contributed by atoms with Crippen molar-refractivity contribution in [2.45, 2.75) is 25.7 Å². The molecule has 0 bridgehead atoms. The number of sulfonamides is 1. The van der Waals surface area contributed by atoms with Crippen LogP contribution in [0.25, 0.3) is 0 Å². The van der Waals surface area contributed by atoms with Gasteiger partial charge in [-0.15, -0.1) is 0 Å². The zero-order valence-corrected chi connectivity index (χ0v) is 12.2. The highest BCUT2D eigenvalue weighted by molar-refractivity contribution is 7.92. The number of nitrogens with one attached hydrogen (secondary N) is 2. The highest BCUT2D eigenvalue weighted by atomic mass is 35.5. The lowest BCUT2D eigenvalue weighted by atomic mass is 10.3. The Morgan fingerprint density at radius 3 is 2.42 bits per heavy atom. The molecule has 0 spiro atoms. The fourth-order valence-electron chi connectivity index (χ4n) is 1.77. The second kappa shape index (κ2) is 4.82. The number of rotatable bonds is 3. The van der Waals surface area contributed by atoms with Gasteiger partial charge in [-0.2, -0.15) is 5.10 Å². The van der Waals surface area contributed by atoms with Crippen molar-refractivity contribution in [2.75, 3.05) is 4.72 Å². The smallest absolute Gasteiger partial charge is 0.265 e. The van der Waals surface area contributed by atoms with Crippen LogP contribution in [-0.4, -0.2) is 23.6 Å². The van der Waals surface area contributed by atoms with Gasteiger partial charge >= 0.3 is 0 Å². The van der Waals surface area contributed by atoms with Crippen molar-refractivity contribution in [2.24, 2.45) is 0 Å². The van der Waals surface area contributed by atoms with E-state index in [9.17, 15) is 8.42 Å². The van der Waals surface area contributed by atoms with Gasteiger partial charge in [0.2, 0.25) is 0 Å². The van der Waals surface area contributed by atoms with Crippen LogP contribution in [0.2, 0.25) is 5.15 Å². The molecule has 8 heteroatoms. The molecule has 2 aromatic rings. The molecule has 0 saturated carbocycles. The minimum absolute atomic E-state index is 0.154. The van der Waals surface area contributed by atoms with E-state index in [1.165, 1.54) is 6.07 Å². The Balaban J connectivity index is 2.42. The van der Waals surface area contributed by atoms with E-state index in [1.54, 1.807) is 26.8 Å². The number of hydrogen-bond donors (Lipinski definition) is 2. The topological polar surface area (TPSA) is 87.7 Å². The maximum Gasteiger partial charge on any atom is 0.265 e. The SMILES string of the molecule is Cc1nc(Cl)ccc1NS(=O)(=O)c1c(C)n[nH]c1C. The van der Waals surface area contributed by atoms with E-state index in [4.69, 9.17) is 11.6 Å². The number of anilines is 1. The molecule has 0 aromatic carbocycles. The van der Waals surface area contributed by atoms with Gasteiger partial charge in [-0.25, -0.2) is 13.4 Å². The first-order valence-electron chi connectivity index (χ1n) is 5.49. The number of H-pyrrole nitrogens is 1. The molecule has 2 rings (SSSR count). The van der Waals surface area contributed by atoms with E-state index >= 15 is 0 Å². The molecule has 0 saturated heterocycles. The molecule has 19 heavy (non-hydrogen) atoms. The van der Waals surface area contributed by atoms with Crippen LogP contribution in [0.3, 0.4) is 0 Å². The summed E-state index contributed by atoms with van der Waals surface area (Å²) in [6.45, 7) is 4.96. The van der Waals surface area contributed by atoms with E-state index in [0.29, 0.717) is 27.9 Å². The maximum absolute atomic E-state index is 12.3. The number of hydrogen-bond acceptors (Lipinski definition) is 4. The molecule has 0 aliphatic rings. The van der Waals surface area contributed by atoms with Gasteiger partial charge < -0.3 is 0 Å². The predicted octanol–water partition coefficient (Wildman–Crippen LogP) is 2.18. The molecule has 6 nitrogen and oxygen atoms in total. The third-order valence-electron chi connectivity index (χ3n) is 2.63. The summed E-state index contributed by atoms with van der Waals surface area (Å²) in [7, 11) is -3.69. The van der Waals surface area contributed by atoms with Gasteiger partial charge in [0.1, 0.15) is 10.0 Å². The summed E-state index contributed by atoms with van der Waals surface area (Å²) < 4.78 is 27.1. The second-order valence-corrected chi connectivity index (χ2v) is 6.14. The summed E-state index contributed by atoms with van der Waals surface area (Å²) >= 11 is 5.73. The van der Waals surface area contributed by atoms with Crippen LogP contribution in [0.4, 0.5) is 5.69 Å². The quantitative estimate of drug-likeness (QED) is 0.851. The first kappa shape index (κ1) is 13.8. The van der Waals surface area contributed by atoms with Crippen molar-refractivity contribution >= 4 is 27.3 Å². The third kappa shape index (κ3) is 2.71. The third-order valence-corrected chi connectivity index (χ3v) is 4.46. The highest BCUT2D eigenvalue weighted by Gasteiger charge is 2.23. The summed E-state index contributed by atoms with van der Waals surface area (Å²) in [6.07, 6.45) is 0. The van der Waals surface area contributed by atoms with Crippen molar-refractivity contribution in [3.63, 3.8) is 0 Å². The fourth-order valence-corrected chi connectivity index (χ4v) is 3.45. The standard InChI is InChI=1S/C11H13ClN4O2S/c1-6-9(4-5-10(12)13-6)16-19(17,18)11-7(2)14-15-8(11)3/h4-5,16H,1-3H3,(H,14,15).